The Bertz CT molecular complexity index is 160. The molecule has 0 spiro atoms. The van der Waals surface area contributed by atoms with E-state index in [0.29, 0.717) is 0 Å². The van der Waals surface area contributed by atoms with Gasteiger partial charge in [-0.05, 0) is 19.9 Å². The molecule has 0 aromatic heterocycles. The highest BCUT2D eigenvalue weighted by Crippen LogP contribution is 2.35. The smallest absolute Gasteiger partial charge is 0.0776 e. The predicted octanol–water partition coefficient (Wildman–Crippen LogP) is 0.395. The van der Waals surface area contributed by atoms with Crippen molar-refractivity contribution in [3.05, 3.63) is 0 Å². The SMILES string of the molecule is C.CN1CCN(CC2(O)CC2)CC1. The molecular weight excluding hydrogens is 164 g/mol. The third-order valence-corrected chi connectivity index (χ3v) is 2.94. The summed E-state index contributed by atoms with van der Waals surface area (Å²) in [7, 11) is 2.16. The molecule has 2 fully saturated rings. The molecule has 2 rings (SSSR count). The minimum absolute atomic E-state index is 0. The lowest BCUT2D eigenvalue weighted by Crippen LogP contribution is -2.47. The quantitative estimate of drug-likeness (QED) is 0.676. The highest BCUT2D eigenvalue weighted by molar-refractivity contribution is 4.96. The lowest BCUT2D eigenvalue weighted by Gasteiger charge is -2.33. The monoisotopic (exact) mass is 186 g/mol. The van der Waals surface area contributed by atoms with Gasteiger partial charge in [0.15, 0.2) is 0 Å². The van der Waals surface area contributed by atoms with E-state index in [0.717, 1.165) is 45.6 Å². The third kappa shape index (κ3) is 2.93. The van der Waals surface area contributed by atoms with Gasteiger partial charge in [-0.25, -0.2) is 0 Å². The molecule has 0 unspecified atom stereocenters. The van der Waals surface area contributed by atoms with Crippen LogP contribution in [0.15, 0.2) is 0 Å². The first kappa shape index (κ1) is 11.0. The average molecular weight is 186 g/mol. The van der Waals surface area contributed by atoms with Gasteiger partial charge in [0.2, 0.25) is 0 Å². The predicted molar refractivity (Wildman–Crippen MR) is 54.9 cm³/mol. The minimum Gasteiger partial charge on any atom is -0.389 e. The maximum Gasteiger partial charge on any atom is 0.0776 e. The fourth-order valence-electron chi connectivity index (χ4n) is 1.72. The van der Waals surface area contributed by atoms with Gasteiger partial charge in [0.1, 0.15) is 0 Å². The van der Waals surface area contributed by atoms with Gasteiger partial charge < -0.3 is 10.0 Å². The van der Waals surface area contributed by atoms with E-state index in [-0.39, 0.29) is 13.0 Å². The topological polar surface area (TPSA) is 26.7 Å². The van der Waals surface area contributed by atoms with Crippen molar-refractivity contribution in [2.24, 2.45) is 0 Å². The van der Waals surface area contributed by atoms with E-state index in [2.05, 4.69) is 16.8 Å². The van der Waals surface area contributed by atoms with Gasteiger partial charge in [0, 0.05) is 32.7 Å². The molecule has 1 N–H and O–H groups in total. The molecule has 1 heterocycles. The molecule has 1 saturated heterocycles. The minimum atomic E-state index is -0.296. The molecule has 3 nitrogen and oxygen atoms in total. The Balaban J connectivity index is 0.000000845. The van der Waals surface area contributed by atoms with Crippen molar-refractivity contribution >= 4 is 0 Å². The van der Waals surface area contributed by atoms with Crippen LogP contribution < -0.4 is 0 Å². The highest BCUT2D eigenvalue weighted by Gasteiger charge is 2.41. The lowest BCUT2D eigenvalue weighted by molar-refractivity contribution is 0.0654. The van der Waals surface area contributed by atoms with Crippen LogP contribution in [-0.2, 0) is 0 Å². The van der Waals surface area contributed by atoms with Crippen molar-refractivity contribution in [1.29, 1.82) is 0 Å². The van der Waals surface area contributed by atoms with Gasteiger partial charge in [-0.1, -0.05) is 7.43 Å². The van der Waals surface area contributed by atoms with Crippen molar-refractivity contribution in [2.75, 3.05) is 39.8 Å². The number of aliphatic hydroxyl groups is 1. The van der Waals surface area contributed by atoms with Crippen molar-refractivity contribution < 1.29 is 5.11 Å². The van der Waals surface area contributed by atoms with E-state index in [1.165, 1.54) is 0 Å². The van der Waals surface area contributed by atoms with E-state index in [9.17, 15) is 5.11 Å². The lowest BCUT2D eigenvalue weighted by atomic mass is 10.2. The number of rotatable bonds is 2. The second kappa shape index (κ2) is 3.95. The van der Waals surface area contributed by atoms with Gasteiger partial charge in [0.25, 0.3) is 0 Å². The third-order valence-electron chi connectivity index (χ3n) is 2.94. The molecule has 0 atom stereocenters. The van der Waals surface area contributed by atoms with Crippen LogP contribution in [0.25, 0.3) is 0 Å². The fourth-order valence-corrected chi connectivity index (χ4v) is 1.72. The van der Waals surface area contributed by atoms with E-state index < -0.39 is 0 Å². The number of hydrogen-bond donors (Lipinski definition) is 1. The Hall–Kier alpha value is -0.120. The summed E-state index contributed by atoms with van der Waals surface area (Å²) in [5.74, 6) is 0. The maximum atomic E-state index is 9.69. The van der Waals surface area contributed by atoms with E-state index >= 15 is 0 Å². The Morgan fingerprint density at radius 2 is 1.69 bits per heavy atom. The molecule has 0 bridgehead atoms. The maximum absolute atomic E-state index is 9.69. The molecule has 0 radical (unpaired) electrons. The molecule has 0 aromatic rings. The van der Waals surface area contributed by atoms with Crippen molar-refractivity contribution in [3.63, 3.8) is 0 Å². The Labute approximate surface area is 81.3 Å². The summed E-state index contributed by atoms with van der Waals surface area (Å²) in [6.45, 7) is 5.45. The van der Waals surface area contributed by atoms with Gasteiger partial charge in [0.05, 0.1) is 5.60 Å². The van der Waals surface area contributed by atoms with Crippen LogP contribution in [0.4, 0.5) is 0 Å². The summed E-state index contributed by atoms with van der Waals surface area (Å²) < 4.78 is 0. The molecule has 0 aromatic carbocycles. The van der Waals surface area contributed by atoms with Crippen LogP contribution in [0.3, 0.4) is 0 Å². The molecule has 3 heteroatoms. The summed E-state index contributed by atoms with van der Waals surface area (Å²) >= 11 is 0. The van der Waals surface area contributed by atoms with E-state index in [1.54, 1.807) is 0 Å². The molecule has 0 amide bonds. The zero-order valence-corrected chi connectivity index (χ0v) is 7.79. The van der Waals surface area contributed by atoms with Crippen LogP contribution >= 0.6 is 0 Å². The zero-order valence-electron chi connectivity index (χ0n) is 7.79. The molecule has 1 aliphatic carbocycles. The Kier molecular flexibility index (Phi) is 3.33. The highest BCUT2D eigenvalue weighted by atomic mass is 16.3. The largest absolute Gasteiger partial charge is 0.389 e. The van der Waals surface area contributed by atoms with E-state index in [4.69, 9.17) is 0 Å². The standard InChI is InChI=1S/C9H18N2O.CH4/c1-10-4-6-11(7-5-10)8-9(12)2-3-9;/h12H,2-8H2,1H3;1H4. The Morgan fingerprint density at radius 3 is 2.15 bits per heavy atom. The molecule has 1 aliphatic heterocycles. The second-order valence-electron chi connectivity index (χ2n) is 4.30. The van der Waals surface area contributed by atoms with Crippen molar-refractivity contribution in [2.45, 2.75) is 25.9 Å². The van der Waals surface area contributed by atoms with Gasteiger partial charge in [-0.15, -0.1) is 0 Å². The zero-order chi connectivity index (χ0) is 8.60. The van der Waals surface area contributed by atoms with Gasteiger partial charge in [-0.2, -0.15) is 0 Å². The first-order chi connectivity index (χ1) is 5.68. The van der Waals surface area contributed by atoms with Crippen molar-refractivity contribution in [1.82, 2.24) is 9.80 Å². The van der Waals surface area contributed by atoms with Crippen LogP contribution in [0.2, 0.25) is 0 Å². The fraction of sp³-hybridized carbons (Fsp3) is 1.00. The van der Waals surface area contributed by atoms with Crippen LogP contribution in [0.5, 0.6) is 0 Å². The summed E-state index contributed by atoms with van der Waals surface area (Å²) in [5.41, 5.74) is -0.296. The van der Waals surface area contributed by atoms with Crippen LogP contribution in [-0.4, -0.2) is 60.3 Å². The normalized spacial score (nSPS) is 28.2. The second-order valence-corrected chi connectivity index (χ2v) is 4.30. The Morgan fingerprint density at radius 1 is 1.15 bits per heavy atom. The molecular formula is C10H22N2O. The number of nitrogens with zero attached hydrogens (tertiary/aromatic N) is 2. The molecule has 1 saturated carbocycles. The number of hydrogen-bond acceptors (Lipinski definition) is 3. The molecule has 13 heavy (non-hydrogen) atoms. The number of likely N-dealkylation sites (N-methyl/N-ethyl adjacent to an activating group) is 1. The van der Waals surface area contributed by atoms with Crippen LogP contribution in [0, 0.1) is 0 Å². The summed E-state index contributed by atoms with van der Waals surface area (Å²) in [5, 5.41) is 9.69. The number of piperazine rings is 1. The molecule has 78 valence electrons. The first-order valence-corrected chi connectivity index (χ1v) is 4.81. The van der Waals surface area contributed by atoms with Gasteiger partial charge >= 0.3 is 0 Å². The number of β-amino-alcohol motifs (C(OH)–C–C–N with tert-alkyl or cyclic N) is 1. The van der Waals surface area contributed by atoms with Gasteiger partial charge in [-0.3, -0.25) is 4.90 Å². The first-order valence-electron chi connectivity index (χ1n) is 4.81. The van der Waals surface area contributed by atoms with Crippen molar-refractivity contribution in [3.8, 4) is 0 Å². The summed E-state index contributed by atoms with van der Waals surface area (Å²) in [6.07, 6.45) is 2.03. The summed E-state index contributed by atoms with van der Waals surface area (Å²) in [4.78, 5) is 4.72. The average Bonchev–Trinajstić information content (AvgIpc) is 2.74. The van der Waals surface area contributed by atoms with Crippen LogP contribution in [0.1, 0.15) is 20.3 Å². The van der Waals surface area contributed by atoms with E-state index in [1.807, 2.05) is 0 Å². The molecule has 2 aliphatic rings. The summed E-state index contributed by atoms with van der Waals surface area (Å²) in [6, 6.07) is 0.